The molecule has 6 heteroatoms. The highest BCUT2D eigenvalue weighted by Crippen LogP contribution is 2.43. The van der Waals surface area contributed by atoms with Gasteiger partial charge in [0.05, 0.1) is 24.4 Å². The van der Waals surface area contributed by atoms with Crippen molar-refractivity contribution in [2.45, 2.75) is 82.2 Å². The lowest BCUT2D eigenvalue weighted by molar-refractivity contribution is -0.153. The molecule has 5 nitrogen and oxygen atoms in total. The quantitative estimate of drug-likeness (QED) is 0.677. The molecule has 4 atom stereocenters. The Morgan fingerprint density at radius 2 is 1.47 bits per heavy atom. The van der Waals surface area contributed by atoms with Gasteiger partial charge in [0.15, 0.2) is 5.79 Å². The minimum atomic E-state index is -2.78. The van der Waals surface area contributed by atoms with Crippen LogP contribution in [0.25, 0.3) is 0 Å². The van der Waals surface area contributed by atoms with Crippen LogP contribution in [0.15, 0.2) is 60.7 Å². The van der Waals surface area contributed by atoms with Crippen molar-refractivity contribution >= 4 is 18.7 Å². The highest BCUT2D eigenvalue weighted by molar-refractivity contribution is 6.99. The molecule has 2 aromatic rings. The van der Waals surface area contributed by atoms with Crippen LogP contribution in [-0.2, 0) is 13.9 Å². The largest absolute Gasteiger partial charge is 0.404 e. The predicted octanol–water partition coefficient (Wildman–Crippen LogP) is 2.97. The lowest BCUT2D eigenvalue weighted by Crippen LogP contribution is -2.68. The van der Waals surface area contributed by atoms with E-state index in [2.05, 4.69) is 45.0 Å². The average molecular weight is 457 g/mol. The van der Waals surface area contributed by atoms with Gasteiger partial charge in [-0.05, 0) is 29.3 Å². The molecule has 2 N–H and O–H groups in total. The number of hydrogen-bond donors (Lipinski definition) is 2. The van der Waals surface area contributed by atoms with Gasteiger partial charge < -0.3 is 24.1 Å². The molecule has 1 saturated heterocycles. The van der Waals surface area contributed by atoms with Gasteiger partial charge in [-0.15, -0.1) is 0 Å². The molecular weight excluding hydrogens is 420 g/mol. The Morgan fingerprint density at radius 3 is 1.97 bits per heavy atom. The third-order valence-electron chi connectivity index (χ3n) is 6.75. The van der Waals surface area contributed by atoms with Gasteiger partial charge in [0.25, 0.3) is 8.32 Å². The number of fused-ring (bicyclic) bond motifs is 1. The van der Waals surface area contributed by atoms with Gasteiger partial charge >= 0.3 is 0 Å². The van der Waals surface area contributed by atoms with Crippen LogP contribution in [0.5, 0.6) is 0 Å². The smallest absolute Gasteiger partial charge is 0.261 e. The molecule has 0 aromatic heterocycles. The first kappa shape index (κ1) is 23.6. The van der Waals surface area contributed by atoms with E-state index in [9.17, 15) is 10.2 Å². The normalized spacial score (nSPS) is 30.2. The average Bonchev–Trinajstić information content (AvgIpc) is 3.03. The first-order valence-corrected chi connectivity index (χ1v) is 13.4. The molecule has 2 aliphatic rings. The highest BCUT2D eigenvalue weighted by Gasteiger charge is 2.56. The van der Waals surface area contributed by atoms with Crippen LogP contribution in [0.1, 0.15) is 47.5 Å². The summed E-state index contributed by atoms with van der Waals surface area (Å²) in [6.07, 6.45) is -1.01. The van der Waals surface area contributed by atoms with Gasteiger partial charge in [-0.3, -0.25) is 0 Å². The number of benzene rings is 2. The predicted molar refractivity (Wildman–Crippen MR) is 128 cm³/mol. The minimum absolute atomic E-state index is 0.129. The number of rotatable bonds is 5. The molecule has 0 bridgehead atoms. The molecule has 0 spiro atoms. The lowest BCUT2D eigenvalue weighted by atomic mass is 9.80. The van der Waals surface area contributed by atoms with Crippen LogP contribution in [-0.4, -0.2) is 54.8 Å². The Hall–Kier alpha value is -1.54. The zero-order valence-corrected chi connectivity index (χ0v) is 20.7. The van der Waals surface area contributed by atoms with Crippen LogP contribution in [0, 0.1) is 0 Å². The van der Waals surface area contributed by atoms with Crippen LogP contribution in [0.4, 0.5) is 0 Å². The van der Waals surface area contributed by atoms with Gasteiger partial charge in [-0.25, -0.2) is 0 Å². The van der Waals surface area contributed by atoms with E-state index < -0.39 is 31.9 Å². The van der Waals surface area contributed by atoms with Crippen LogP contribution >= 0.6 is 0 Å². The van der Waals surface area contributed by atoms with Crippen LogP contribution in [0.2, 0.25) is 5.04 Å². The summed E-state index contributed by atoms with van der Waals surface area (Å²) in [7, 11) is -2.78. The molecule has 1 saturated carbocycles. The zero-order chi connectivity index (χ0) is 23.2. The van der Waals surface area contributed by atoms with E-state index >= 15 is 0 Å². The monoisotopic (exact) mass is 456 g/mol. The topological polar surface area (TPSA) is 68.2 Å². The molecule has 1 aliphatic carbocycles. The molecule has 1 aliphatic heterocycles. The van der Waals surface area contributed by atoms with Gasteiger partial charge in [0.2, 0.25) is 0 Å². The molecular formula is C26H36O5Si. The first-order chi connectivity index (χ1) is 15.0. The fourth-order valence-corrected chi connectivity index (χ4v) is 10.1. The third kappa shape index (κ3) is 4.32. The van der Waals surface area contributed by atoms with Crippen molar-refractivity contribution in [3.8, 4) is 0 Å². The van der Waals surface area contributed by atoms with E-state index in [1.165, 1.54) is 0 Å². The lowest BCUT2D eigenvalue weighted by Gasteiger charge is -2.46. The summed E-state index contributed by atoms with van der Waals surface area (Å²) in [4.78, 5) is 0. The van der Waals surface area contributed by atoms with Crippen molar-refractivity contribution in [3.63, 3.8) is 0 Å². The Kier molecular flexibility index (Phi) is 6.16. The van der Waals surface area contributed by atoms with E-state index in [0.29, 0.717) is 6.42 Å². The molecule has 4 rings (SSSR count). The summed E-state index contributed by atoms with van der Waals surface area (Å²) >= 11 is 0. The van der Waals surface area contributed by atoms with Gasteiger partial charge in [0, 0.05) is 12.8 Å². The Labute approximate surface area is 192 Å². The van der Waals surface area contributed by atoms with Crippen molar-refractivity contribution in [1.29, 1.82) is 0 Å². The second-order valence-electron chi connectivity index (χ2n) is 10.8. The number of ether oxygens (including phenoxy) is 2. The molecule has 0 unspecified atom stereocenters. The van der Waals surface area contributed by atoms with Crippen molar-refractivity contribution in [3.05, 3.63) is 60.7 Å². The Balaban J connectivity index is 1.68. The van der Waals surface area contributed by atoms with E-state index in [4.69, 9.17) is 13.9 Å². The van der Waals surface area contributed by atoms with E-state index in [1.54, 1.807) is 0 Å². The van der Waals surface area contributed by atoms with Crippen LogP contribution in [0.3, 0.4) is 0 Å². The van der Waals surface area contributed by atoms with Gasteiger partial charge in [-0.2, -0.15) is 0 Å². The molecule has 174 valence electrons. The van der Waals surface area contributed by atoms with Gasteiger partial charge in [-0.1, -0.05) is 81.4 Å². The van der Waals surface area contributed by atoms with Crippen molar-refractivity contribution in [1.82, 2.24) is 0 Å². The van der Waals surface area contributed by atoms with E-state index in [1.807, 2.05) is 50.2 Å². The van der Waals surface area contributed by atoms with Crippen molar-refractivity contribution in [2.75, 3.05) is 6.61 Å². The number of aliphatic hydroxyl groups is 2. The maximum absolute atomic E-state index is 11.6. The summed E-state index contributed by atoms with van der Waals surface area (Å²) in [5.41, 5.74) is -1.20. The fourth-order valence-electron chi connectivity index (χ4n) is 5.43. The van der Waals surface area contributed by atoms with Crippen molar-refractivity contribution in [2.24, 2.45) is 0 Å². The highest BCUT2D eigenvalue weighted by atomic mass is 28.4. The maximum Gasteiger partial charge on any atom is 0.261 e. The summed E-state index contributed by atoms with van der Waals surface area (Å²) in [6.45, 7) is 10.5. The van der Waals surface area contributed by atoms with Gasteiger partial charge in [0.1, 0.15) is 6.10 Å². The fraction of sp³-hybridized carbons (Fsp3) is 0.538. The van der Waals surface area contributed by atoms with Crippen molar-refractivity contribution < 1.29 is 24.1 Å². The Bertz CT molecular complexity index is 871. The van der Waals surface area contributed by atoms with E-state index in [-0.39, 0.29) is 24.2 Å². The third-order valence-corrected chi connectivity index (χ3v) is 11.7. The molecule has 0 radical (unpaired) electrons. The molecule has 32 heavy (non-hydrogen) atoms. The maximum atomic E-state index is 11.6. The summed E-state index contributed by atoms with van der Waals surface area (Å²) in [6, 6.07) is 20.8. The number of aliphatic hydroxyl groups excluding tert-OH is 1. The van der Waals surface area contributed by atoms with E-state index in [0.717, 1.165) is 10.4 Å². The summed E-state index contributed by atoms with van der Waals surface area (Å²) < 4.78 is 18.8. The first-order valence-electron chi connectivity index (χ1n) is 11.5. The Morgan fingerprint density at radius 1 is 0.938 bits per heavy atom. The standard InChI is InChI=1S/C26H36O5Si/c1-24(2,3)32(19-12-8-6-9-13-19,20-14-10-7-11-15-20)29-18-26(28)16-21(27)23-22(17-26)30-25(4,5)31-23/h6-15,21-23,27-28H,16-18H2,1-5H3/t21-,22-,23+,26-/m1/s1. The summed E-state index contributed by atoms with van der Waals surface area (Å²) in [5.74, 6) is -0.763. The second kappa shape index (κ2) is 8.35. The minimum Gasteiger partial charge on any atom is -0.404 e. The summed E-state index contributed by atoms with van der Waals surface area (Å²) in [5, 5.41) is 24.5. The molecule has 2 fully saturated rings. The molecule has 2 aromatic carbocycles. The zero-order valence-electron chi connectivity index (χ0n) is 19.7. The second-order valence-corrected chi connectivity index (χ2v) is 15.1. The van der Waals surface area contributed by atoms with Crippen LogP contribution < -0.4 is 10.4 Å². The molecule has 1 heterocycles. The SMILES string of the molecule is CC1(C)O[C@H]2[C@H](O)C[C@](O)(CO[Si](c3ccccc3)(c3ccccc3)C(C)(C)C)C[C@H]2O1. The number of hydrogen-bond acceptors (Lipinski definition) is 5. The molecule has 0 amide bonds.